The van der Waals surface area contributed by atoms with E-state index in [0.717, 1.165) is 0 Å². The van der Waals surface area contributed by atoms with Crippen molar-refractivity contribution in [2.24, 2.45) is 0 Å². The number of hydrogen-bond donors (Lipinski definition) is 4. The first kappa shape index (κ1) is 31.5. The largest absolute Gasteiger partial charge is 0.478 e. The molecule has 0 aromatic heterocycles. The molecule has 0 aliphatic rings. The Morgan fingerprint density at radius 3 is 0.976 bits per heavy atom. The summed E-state index contributed by atoms with van der Waals surface area (Å²) in [5.74, 6) is -41.9. The summed E-state index contributed by atoms with van der Waals surface area (Å²) in [7, 11) is 0. The molecule has 10 nitrogen and oxygen atoms in total. The molecule has 0 atom stereocenters. The number of carbonyl (C=O) groups is 4. The number of halogens is 10. The Hall–Kier alpha value is -5.01. The zero-order chi connectivity index (χ0) is 32.1. The van der Waals surface area contributed by atoms with Crippen molar-refractivity contribution in [3.8, 4) is 23.0 Å². The minimum Gasteiger partial charge on any atom is -0.478 e. The van der Waals surface area contributed by atoms with Crippen LogP contribution in [0.15, 0.2) is 4.47 Å². The van der Waals surface area contributed by atoms with Crippen molar-refractivity contribution in [1.29, 1.82) is 0 Å². The second-order valence-corrected chi connectivity index (χ2v) is 8.17. The lowest BCUT2D eigenvalue weighted by Crippen LogP contribution is -2.17. The lowest BCUT2D eigenvalue weighted by Gasteiger charge is -2.17. The molecular weight excluding hydrogens is 675 g/mol. The molecule has 0 aliphatic heterocycles. The third-order valence-corrected chi connectivity index (χ3v) is 5.72. The van der Waals surface area contributed by atoms with E-state index >= 15 is 0 Å². The lowest BCUT2D eigenvalue weighted by molar-refractivity contribution is 0.0640. The highest BCUT2D eigenvalue weighted by Crippen LogP contribution is 2.45. The second kappa shape index (κ2) is 11.1. The number of hydrogen-bond acceptors (Lipinski definition) is 6. The Morgan fingerprint density at radius 1 is 0.405 bits per heavy atom. The molecule has 0 saturated heterocycles. The van der Waals surface area contributed by atoms with Gasteiger partial charge in [-0.15, -0.1) is 0 Å². The van der Waals surface area contributed by atoms with Gasteiger partial charge in [-0.1, -0.05) is 0 Å². The fourth-order valence-electron chi connectivity index (χ4n) is 3.23. The molecule has 0 unspecified atom stereocenters. The summed E-state index contributed by atoms with van der Waals surface area (Å²) in [6.45, 7) is 0. The predicted octanol–water partition coefficient (Wildman–Crippen LogP) is 6.08. The molecule has 0 bridgehead atoms. The van der Waals surface area contributed by atoms with Gasteiger partial charge in [-0.2, -0.15) is 17.6 Å². The molecule has 0 aliphatic carbocycles. The first-order valence-electron chi connectivity index (χ1n) is 9.92. The predicted molar refractivity (Wildman–Crippen MR) is 115 cm³/mol. The van der Waals surface area contributed by atoms with Gasteiger partial charge >= 0.3 is 23.9 Å². The van der Waals surface area contributed by atoms with E-state index in [4.69, 9.17) is 20.4 Å². The fourth-order valence-corrected chi connectivity index (χ4v) is 3.67. The van der Waals surface area contributed by atoms with Crippen molar-refractivity contribution in [2.75, 3.05) is 0 Å². The van der Waals surface area contributed by atoms with Crippen LogP contribution in [0.25, 0.3) is 0 Å². The van der Waals surface area contributed by atoms with E-state index in [1.54, 1.807) is 0 Å². The molecule has 4 N–H and O–H groups in total. The minimum absolute atomic E-state index is 1.60. The standard InChI is InChI=1S/C22H4BrF9O10/c23-5-10(28)18(42-17-9(27)4(22(39)40)2(20(35)36)7(25)12(17)30)14(32)13(31)15(5)41-16-8(26)3(21(37)38)1(19(33)34)6(24)11(16)29/h(H,33,34)(H,35,36)(H,37,38)(H,39,40). The van der Waals surface area contributed by atoms with Crippen molar-refractivity contribution >= 4 is 39.8 Å². The van der Waals surface area contributed by atoms with E-state index in [-0.39, 0.29) is 0 Å². The van der Waals surface area contributed by atoms with Gasteiger partial charge in [0.2, 0.25) is 40.5 Å². The molecule has 0 radical (unpaired) electrons. The highest BCUT2D eigenvalue weighted by molar-refractivity contribution is 9.10. The fraction of sp³-hybridized carbons (Fsp3) is 0. The molecule has 3 rings (SSSR count). The molecule has 0 amide bonds. The Bertz CT molecular complexity index is 1600. The Kier molecular flexibility index (Phi) is 8.33. The van der Waals surface area contributed by atoms with Crippen LogP contribution in [-0.4, -0.2) is 44.3 Å². The maximum Gasteiger partial charge on any atom is 0.339 e. The van der Waals surface area contributed by atoms with Gasteiger partial charge in [0.1, 0.15) is 26.7 Å². The summed E-state index contributed by atoms with van der Waals surface area (Å²) < 4.78 is 138. The Morgan fingerprint density at radius 2 is 0.643 bits per heavy atom. The summed E-state index contributed by atoms with van der Waals surface area (Å²) in [5, 5.41) is 35.8. The highest BCUT2D eigenvalue weighted by Gasteiger charge is 2.38. The number of carboxylic acids is 4. The molecule has 3 aromatic rings. The van der Waals surface area contributed by atoms with E-state index in [1.807, 2.05) is 0 Å². The molecule has 42 heavy (non-hydrogen) atoms. The summed E-state index contributed by atoms with van der Waals surface area (Å²) in [6, 6.07) is 0. The molecule has 3 aromatic carbocycles. The maximum atomic E-state index is 14.9. The van der Waals surface area contributed by atoms with E-state index in [9.17, 15) is 58.7 Å². The molecule has 0 saturated carbocycles. The second-order valence-electron chi connectivity index (χ2n) is 7.38. The summed E-state index contributed by atoms with van der Waals surface area (Å²) >= 11 is 2.19. The first-order chi connectivity index (χ1) is 19.4. The van der Waals surface area contributed by atoms with Crippen molar-refractivity contribution in [2.45, 2.75) is 0 Å². The van der Waals surface area contributed by atoms with Crippen molar-refractivity contribution in [3.05, 3.63) is 79.1 Å². The van der Waals surface area contributed by atoms with Crippen molar-refractivity contribution < 1.29 is 88.6 Å². The number of aromatic carboxylic acids is 4. The Labute approximate surface area is 230 Å². The summed E-state index contributed by atoms with van der Waals surface area (Å²) in [4.78, 5) is 44.7. The quantitative estimate of drug-likeness (QED) is 0.162. The molecule has 0 fully saturated rings. The lowest BCUT2D eigenvalue weighted by atomic mass is 10.0. The molecule has 0 heterocycles. The zero-order valence-electron chi connectivity index (χ0n) is 19.0. The van der Waals surface area contributed by atoms with Crippen LogP contribution in [-0.2, 0) is 0 Å². The molecule has 20 heteroatoms. The van der Waals surface area contributed by atoms with Gasteiger partial charge in [0.15, 0.2) is 34.8 Å². The van der Waals surface area contributed by atoms with Crippen LogP contribution in [0, 0.1) is 52.4 Å². The number of rotatable bonds is 8. The molecule has 222 valence electrons. The van der Waals surface area contributed by atoms with E-state index in [2.05, 4.69) is 25.4 Å². The van der Waals surface area contributed by atoms with Crippen LogP contribution in [0.1, 0.15) is 41.4 Å². The topological polar surface area (TPSA) is 168 Å². The molecular formula is C22H4BrF9O10. The summed E-state index contributed by atoms with van der Waals surface area (Å²) in [6.07, 6.45) is 0. The van der Waals surface area contributed by atoms with Crippen molar-refractivity contribution in [3.63, 3.8) is 0 Å². The third-order valence-electron chi connectivity index (χ3n) is 5.01. The number of carboxylic acid groups (broad SMARTS) is 4. The normalized spacial score (nSPS) is 10.9. The van der Waals surface area contributed by atoms with Crippen LogP contribution in [0.4, 0.5) is 39.5 Å². The van der Waals surface area contributed by atoms with Gasteiger partial charge < -0.3 is 29.9 Å². The minimum atomic E-state index is -2.70. The number of ether oxygens (including phenoxy) is 2. The van der Waals surface area contributed by atoms with Crippen LogP contribution in [0.5, 0.6) is 23.0 Å². The van der Waals surface area contributed by atoms with E-state index in [1.165, 1.54) is 0 Å². The van der Waals surface area contributed by atoms with Crippen LogP contribution in [0.2, 0.25) is 0 Å². The first-order valence-corrected chi connectivity index (χ1v) is 10.7. The van der Waals surface area contributed by atoms with Gasteiger partial charge in [-0.25, -0.2) is 41.1 Å². The monoisotopic (exact) mass is 678 g/mol. The average molecular weight is 679 g/mol. The van der Waals surface area contributed by atoms with E-state index in [0.29, 0.717) is 0 Å². The van der Waals surface area contributed by atoms with Crippen molar-refractivity contribution in [1.82, 2.24) is 0 Å². The van der Waals surface area contributed by atoms with Crippen LogP contribution < -0.4 is 9.47 Å². The van der Waals surface area contributed by atoms with E-state index < -0.39 is 126 Å². The summed E-state index contributed by atoms with van der Waals surface area (Å²) in [5.41, 5.74) is -8.30. The number of benzene rings is 3. The zero-order valence-corrected chi connectivity index (χ0v) is 20.6. The highest BCUT2D eigenvalue weighted by atomic mass is 79.9. The van der Waals surface area contributed by atoms with Gasteiger partial charge in [-0.05, 0) is 15.9 Å². The molecule has 0 spiro atoms. The van der Waals surface area contributed by atoms with Gasteiger partial charge in [0.05, 0.1) is 0 Å². The van der Waals surface area contributed by atoms with Gasteiger partial charge in [0.25, 0.3) is 0 Å². The van der Waals surface area contributed by atoms with Gasteiger partial charge in [-0.3, -0.25) is 0 Å². The Balaban J connectivity index is 2.26. The van der Waals surface area contributed by atoms with Crippen LogP contribution in [0.3, 0.4) is 0 Å². The maximum absolute atomic E-state index is 14.9. The SMILES string of the molecule is O=C(O)c1c(F)c(F)c(Oc2c(F)c(F)c(Oc3c(F)c(F)c(C(=O)O)c(C(=O)O)c3F)c(Br)c2F)c(F)c1C(=O)O. The smallest absolute Gasteiger partial charge is 0.339 e. The van der Waals surface area contributed by atoms with Gasteiger partial charge in [0, 0.05) is 0 Å². The average Bonchev–Trinajstić information content (AvgIpc) is 2.89. The van der Waals surface area contributed by atoms with Crippen LogP contribution >= 0.6 is 15.9 Å². The third kappa shape index (κ3) is 4.88.